The Morgan fingerprint density at radius 1 is 1.07 bits per heavy atom. The number of anilines is 1. The van der Waals surface area contributed by atoms with E-state index in [9.17, 15) is 18.0 Å². The highest BCUT2D eigenvalue weighted by Crippen LogP contribution is 2.33. The number of halogens is 3. The summed E-state index contributed by atoms with van der Waals surface area (Å²) < 4.78 is 38.3. The minimum absolute atomic E-state index is 0.135. The number of carbonyl (C=O) groups is 1. The zero-order chi connectivity index (χ0) is 20.9. The highest BCUT2D eigenvalue weighted by atomic mass is 19.4. The van der Waals surface area contributed by atoms with Gasteiger partial charge in [0.1, 0.15) is 5.82 Å². The maximum atomic E-state index is 12.8. The van der Waals surface area contributed by atoms with Gasteiger partial charge in [-0.3, -0.25) is 4.90 Å². The predicted octanol–water partition coefficient (Wildman–Crippen LogP) is 4.24. The van der Waals surface area contributed by atoms with Crippen LogP contribution in [0.15, 0.2) is 55.0 Å². The van der Waals surface area contributed by atoms with Crippen molar-refractivity contribution < 1.29 is 18.0 Å². The molecule has 1 aliphatic rings. The molecular formula is C20H15F3N6O. The van der Waals surface area contributed by atoms with Crippen LogP contribution in [0.2, 0.25) is 0 Å². The third-order valence-corrected chi connectivity index (χ3v) is 5.10. The summed E-state index contributed by atoms with van der Waals surface area (Å²) in [5.41, 5.74) is 2.74. The molecule has 3 N–H and O–H groups in total. The Hall–Kier alpha value is -3.82. The van der Waals surface area contributed by atoms with E-state index in [4.69, 9.17) is 0 Å². The smallest absolute Gasteiger partial charge is 0.345 e. The summed E-state index contributed by atoms with van der Waals surface area (Å²) in [6, 6.07) is 12.0. The van der Waals surface area contributed by atoms with Crippen LogP contribution < -0.4 is 10.2 Å². The number of H-pyrrole nitrogens is 2. The van der Waals surface area contributed by atoms with Crippen LogP contribution in [0.25, 0.3) is 22.4 Å². The van der Waals surface area contributed by atoms with E-state index in [1.165, 1.54) is 0 Å². The first kappa shape index (κ1) is 18.2. The fourth-order valence-corrected chi connectivity index (χ4v) is 3.61. The van der Waals surface area contributed by atoms with Gasteiger partial charge in [0.15, 0.2) is 5.69 Å². The van der Waals surface area contributed by atoms with E-state index in [1.807, 2.05) is 18.2 Å². The number of carbonyl (C=O) groups excluding carboxylic acids is 1. The molecule has 1 aliphatic heterocycles. The van der Waals surface area contributed by atoms with Crippen LogP contribution in [-0.4, -0.2) is 32.5 Å². The lowest BCUT2D eigenvalue weighted by Gasteiger charge is -2.23. The molecular weight excluding hydrogens is 397 g/mol. The molecule has 30 heavy (non-hydrogen) atoms. The van der Waals surface area contributed by atoms with Crippen molar-refractivity contribution in [3.63, 3.8) is 0 Å². The number of imidazole rings is 2. The lowest BCUT2D eigenvalue weighted by Crippen LogP contribution is -2.29. The Balaban J connectivity index is 1.44. The van der Waals surface area contributed by atoms with Gasteiger partial charge in [0.05, 0.1) is 23.4 Å². The number of urea groups is 1. The number of aromatic amines is 2. The number of hydrogen-bond acceptors (Lipinski definition) is 3. The number of benzene rings is 2. The number of aromatic nitrogens is 4. The lowest BCUT2D eigenvalue weighted by atomic mass is 10.0. The van der Waals surface area contributed by atoms with Gasteiger partial charge in [0.25, 0.3) is 0 Å². The molecule has 0 bridgehead atoms. The number of fused-ring (bicyclic) bond motifs is 1. The molecule has 0 saturated carbocycles. The molecule has 2 aromatic heterocycles. The molecule has 2 amide bonds. The van der Waals surface area contributed by atoms with Gasteiger partial charge in [-0.25, -0.2) is 14.8 Å². The topological polar surface area (TPSA) is 89.7 Å². The van der Waals surface area contributed by atoms with Gasteiger partial charge in [-0.1, -0.05) is 24.3 Å². The summed E-state index contributed by atoms with van der Waals surface area (Å²) in [6.45, 7) is 0.412. The van der Waals surface area contributed by atoms with Crippen molar-refractivity contribution in [1.82, 2.24) is 25.3 Å². The van der Waals surface area contributed by atoms with Gasteiger partial charge < -0.3 is 15.3 Å². The van der Waals surface area contributed by atoms with Crippen LogP contribution in [0.5, 0.6) is 0 Å². The molecule has 1 unspecified atom stereocenters. The molecule has 1 atom stereocenters. The monoisotopic (exact) mass is 412 g/mol. The van der Waals surface area contributed by atoms with Crippen molar-refractivity contribution in [3.8, 4) is 11.4 Å². The highest BCUT2D eigenvalue weighted by Gasteiger charge is 2.35. The Morgan fingerprint density at radius 2 is 1.87 bits per heavy atom. The van der Waals surface area contributed by atoms with Gasteiger partial charge >= 0.3 is 12.2 Å². The van der Waals surface area contributed by atoms with Crippen LogP contribution in [0.4, 0.5) is 23.7 Å². The highest BCUT2D eigenvalue weighted by molar-refractivity contribution is 5.97. The third kappa shape index (κ3) is 3.06. The second-order valence-electron chi connectivity index (χ2n) is 6.93. The van der Waals surface area contributed by atoms with Crippen molar-refractivity contribution >= 4 is 22.8 Å². The first-order valence-electron chi connectivity index (χ1n) is 9.13. The van der Waals surface area contributed by atoms with Gasteiger partial charge in [-0.2, -0.15) is 13.2 Å². The second-order valence-corrected chi connectivity index (χ2v) is 6.93. The van der Waals surface area contributed by atoms with E-state index in [0.717, 1.165) is 22.8 Å². The number of alkyl halides is 3. The van der Waals surface area contributed by atoms with E-state index in [2.05, 4.69) is 25.3 Å². The number of amides is 2. The SMILES string of the molecule is O=C1NCC(c2ccc(-c3nc(C(F)(F)F)c[nH]3)cc2)N1c1ccc2[nH]cnc2c1. The fraction of sp³-hybridized carbons (Fsp3) is 0.150. The van der Waals surface area contributed by atoms with E-state index in [1.54, 1.807) is 35.5 Å². The van der Waals surface area contributed by atoms with Gasteiger partial charge in [0.2, 0.25) is 0 Å². The molecule has 10 heteroatoms. The lowest BCUT2D eigenvalue weighted by molar-refractivity contribution is -0.140. The van der Waals surface area contributed by atoms with E-state index < -0.39 is 11.9 Å². The molecule has 0 aliphatic carbocycles. The summed E-state index contributed by atoms with van der Waals surface area (Å²) in [7, 11) is 0. The number of rotatable bonds is 3. The molecule has 0 radical (unpaired) electrons. The molecule has 3 heterocycles. The van der Waals surface area contributed by atoms with Crippen molar-refractivity contribution in [2.45, 2.75) is 12.2 Å². The van der Waals surface area contributed by atoms with E-state index >= 15 is 0 Å². The molecule has 1 saturated heterocycles. The van der Waals surface area contributed by atoms with Crippen LogP contribution in [0, 0.1) is 0 Å². The zero-order valence-electron chi connectivity index (χ0n) is 15.4. The van der Waals surface area contributed by atoms with Crippen LogP contribution in [0.1, 0.15) is 17.3 Å². The Bertz CT molecular complexity index is 1230. The quantitative estimate of drug-likeness (QED) is 0.470. The second kappa shape index (κ2) is 6.61. The average Bonchev–Trinajstić information content (AvgIpc) is 3.46. The van der Waals surface area contributed by atoms with Crippen molar-refractivity contribution in [1.29, 1.82) is 0 Å². The largest absolute Gasteiger partial charge is 0.434 e. The molecule has 7 nitrogen and oxygen atoms in total. The zero-order valence-corrected chi connectivity index (χ0v) is 15.4. The molecule has 152 valence electrons. The first-order chi connectivity index (χ1) is 14.4. The Morgan fingerprint density at radius 3 is 2.60 bits per heavy atom. The number of nitrogens with zero attached hydrogens (tertiary/aromatic N) is 3. The van der Waals surface area contributed by atoms with Crippen molar-refractivity contribution in [3.05, 3.63) is 66.2 Å². The minimum Gasteiger partial charge on any atom is -0.345 e. The fourth-order valence-electron chi connectivity index (χ4n) is 3.61. The molecule has 2 aromatic carbocycles. The standard InChI is InChI=1S/C20H15F3N6O/c21-20(22,23)17-9-24-18(28-17)12-3-1-11(2-4-12)16-8-25-19(30)29(16)13-5-6-14-15(7-13)27-10-26-14/h1-7,9-10,16H,8H2,(H,24,28)(H,25,30)(H,26,27). The third-order valence-electron chi connectivity index (χ3n) is 5.10. The summed E-state index contributed by atoms with van der Waals surface area (Å²) in [5, 5.41) is 2.84. The molecule has 0 spiro atoms. The van der Waals surface area contributed by atoms with Crippen LogP contribution in [0.3, 0.4) is 0 Å². The minimum atomic E-state index is -4.50. The summed E-state index contributed by atoms with van der Waals surface area (Å²) in [5.74, 6) is 0.135. The van der Waals surface area contributed by atoms with Crippen molar-refractivity contribution in [2.75, 3.05) is 11.4 Å². The van der Waals surface area contributed by atoms with Gasteiger partial charge in [0, 0.05) is 24.0 Å². The van der Waals surface area contributed by atoms with Gasteiger partial charge in [-0.15, -0.1) is 0 Å². The first-order valence-corrected chi connectivity index (χ1v) is 9.13. The van der Waals surface area contributed by atoms with Gasteiger partial charge in [-0.05, 0) is 23.8 Å². The maximum absolute atomic E-state index is 12.8. The average molecular weight is 412 g/mol. The van der Waals surface area contributed by atoms with Crippen molar-refractivity contribution in [2.24, 2.45) is 0 Å². The van der Waals surface area contributed by atoms with E-state index in [0.29, 0.717) is 17.8 Å². The molecule has 1 fully saturated rings. The number of nitrogens with one attached hydrogen (secondary N) is 3. The summed E-state index contributed by atoms with van der Waals surface area (Å²) in [4.78, 5) is 27.5. The van der Waals surface area contributed by atoms with Crippen LogP contribution >= 0.6 is 0 Å². The molecule has 5 rings (SSSR count). The van der Waals surface area contributed by atoms with Crippen LogP contribution in [-0.2, 0) is 6.18 Å². The predicted molar refractivity (Wildman–Crippen MR) is 104 cm³/mol. The summed E-state index contributed by atoms with van der Waals surface area (Å²) >= 11 is 0. The number of hydrogen-bond donors (Lipinski definition) is 3. The maximum Gasteiger partial charge on any atom is 0.434 e. The Labute approximate surface area is 168 Å². The summed E-state index contributed by atoms with van der Waals surface area (Å²) in [6.07, 6.45) is -2.07. The van der Waals surface area contributed by atoms with E-state index in [-0.39, 0.29) is 17.9 Å². The Kier molecular flexibility index (Phi) is 4.02. The molecule has 4 aromatic rings. The normalized spacial score (nSPS) is 17.0.